The van der Waals surface area contributed by atoms with Gasteiger partial charge in [0.25, 0.3) is 0 Å². The van der Waals surface area contributed by atoms with Gasteiger partial charge in [-0.05, 0) is 30.3 Å². The molecule has 0 saturated heterocycles. The number of nitrogens with zero attached hydrogens (tertiary/aromatic N) is 1. The normalized spacial score (nSPS) is 11.0. The highest BCUT2D eigenvalue weighted by Crippen LogP contribution is 2.28. The summed E-state index contributed by atoms with van der Waals surface area (Å²) in [6, 6.07) is 13.7. The second-order valence-corrected chi connectivity index (χ2v) is 6.01. The SMILES string of the molecule is Nc1cccc2oc(CSc3cccc(Br)c3)nc12. The summed E-state index contributed by atoms with van der Waals surface area (Å²) in [5.41, 5.74) is 8.00. The molecular formula is C14H11BrN2OS. The molecule has 0 aliphatic carbocycles. The van der Waals surface area contributed by atoms with Gasteiger partial charge in [-0.1, -0.05) is 28.1 Å². The van der Waals surface area contributed by atoms with Gasteiger partial charge in [0.1, 0.15) is 5.52 Å². The third-order valence-electron chi connectivity index (χ3n) is 2.65. The van der Waals surface area contributed by atoms with Crippen molar-refractivity contribution in [2.45, 2.75) is 10.6 Å². The van der Waals surface area contributed by atoms with Crippen LogP contribution in [0.4, 0.5) is 5.69 Å². The lowest BCUT2D eigenvalue weighted by atomic mass is 10.3. The summed E-state index contributed by atoms with van der Waals surface area (Å²) < 4.78 is 6.75. The summed E-state index contributed by atoms with van der Waals surface area (Å²) >= 11 is 5.14. The zero-order valence-electron chi connectivity index (χ0n) is 9.97. The fourth-order valence-electron chi connectivity index (χ4n) is 1.78. The van der Waals surface area contributed by atoms with Crippen molar-refractivity contribution in [3.63, 3.8) is 0 Å². The maximum Gasteiger partial charge on any atom is 0.205 e. The number of fused-ring (bicyclic) bond motifs is 1. The first-order valence-electron chi connectivity index (χ1n) is 5.74. The molecule has 0 atom stereocenters. The Morgan fingerprint density at radius 2 is 2.05 bits per heavy atom. The molecule has 0 radical (unpaired) electrons. The molecular weight excluding hydrogens is 324 g/mol. The van der Waals surface area contributed by atoms with E-state index < -0.39 is 0 Å². The van der Waals surface area contributed by atoms with Crippen LogP contribution in [0.5, 0.6) is 0 Å². The van der Waals surface area contributed by atoms with Crippen LogP contribution in [0.2, 0.25) is 0 Å². The van der Waals surface area contributed by atoms with Crippen LogP contribution in [0.1, 0.15) is 5.89 Å². The topological polar surface area (TPSA) is 52.0 Å². The van der Waals surface area contributed by atoms with Crippen LogP contribution in [0.25, 0.3) is 11.1 Å². The smallest absolute Gasteiger partial charge is 0.205 e. The average Bonchev–Trinajstić information content (AvgIpc) is 2.81. The van der Waals surface area contributed by atoms with Crippen molar-refractivity contribution in [3.8, 4) is 0 Å². The Morgan fingerprint density at radius 3 is 2.84 bits per heavy atom. The third-order valence-corrected chi connectivity index (χ3v) is 4.12. The van der Waals surface area contributed by atoms with Crippen LogP contribution in [0.15, 0.2) is 56.2 Å². The van der Waals surface area contributed by atoms with Gasteiger partial charge in [-0.15, -0.1) is 11.8 Å². The first-order chi connectivity index (χ1) is 9.22. The van der Waals surface area contributed by atoms with Crippen LogP contribution in [0, 0.1) is 0 Å². The van der Waals surface area contributed by atoms with Gasteiger partial charge in [0.05, 0.1) is 11.4 Å². The standard InChI is InChI=1S/C14H11BrN2OS/c15-9-3-1-4-10(7-9)19-8-13-17-14-11(16)5-2-6-12(14)18-13/h1-7H,8,16H2. The second kappa shape index (κ2) is 5.27. The number of oxazole rings is 1. The lowest BCUT2D eigenvalue weighted by Crippen LogP contribution is -1.85. The number of nitrogens with two attached hydrogens (primary N) is 1. The molecule has 1 aromatic heterocycles. The van der Waals surface area contributed by atoms with Gasteiger partial charge in [-0.25, -0.2) is 4.98 Å². The van der Waals surface area contributed by atoms with E-state index >= 15 is 0 Å². The van der Waals surface area contributed by atoms with Crippen molar-refractivity contribution in [2.75, 3.05) is 5.73 Å². The summed E-state index contributed by atoms with van der Waals surface area (Å²) in [5, 5.41) is 0. The number of para-hydroxylation sites is 1. The number of rotatable bonds is 3. The number of nitrogen functional groups attached to an aromatic ring is 1. The lowest BCUT2D eigenvalue weighted by molar-refractivity contribution is 0.556. The summed E-state index contributed by atoms with van der Waals surface area (Å²) in [7, 11) is 0. The molecule has 96 valence electrons. The minimum atomic E-state index is 0.653. The molecule has 19 heavy (non-hydrogen) atoms. The number of benzene rings is 2. The Labute approximate surface area is 123 Å². The number of hydrogen-bond acceptors (Lipinski definition) is 4. The van der Waals surface area contributed by atoms with Gasteiger partial charge in [0, 0.05) is 9.37 Å². The molecule has 5 heteroatoms. The molecule has 1 heterocycles. The quantitative estimate of drug-likeness (QED) is 0.567. The number of aromatic nitrogens is 1. The summed E-state index contributed by atoms with van der Waals surface area (Å²) in [6.07, 6.45) is 0. The van der Waals surface area contributed by atoms with Crippen LogP contribution in [-0.2, 0) is 5.75 Å². The predicted molar refractivity (Wildman–Crippen MR) is 82.1 cm³/mol. The Bertz CT molecular complexity index is 726. The molecule has 2 aromatic carbocycles. The highest BCUT2D eigenvalue weighted by Gasteiger charge is 2.08. The number of anilines is 1. The van der Waals surface area contributed by atoms with E-state index in [2.05, 4.69) is 33.0 Å². The van der Waals surface area contributed by atoms with Crippen molar-refractivity contribution in [1.82, 2.24) is 4.98 Å². The molecule has 2 N–H and O–H groups in total. The van der Waals surface area contributed by atoms with E-state index in [1.807, 2.05) is 30.3 Å². The van der Waals surface area contributed by atoms with Gasteiger partial charge in [0.15, 0.2) is 5.58 Å². The predicted octanol–water partition coefficient (Wildman–Crippen LogP) is 4.46. The maximum atomic E-state index is 5.86. The molecule has 0 unspecified atom stereocenters. The minimum absolute atomic E-state index is 0.653. The number of hydrogen-bond donors (Lipinski definition) is 1. The third kappa shape index (κ3) is 2.77. The monoisotopic (exact) mass is 334 g/mol. The highest BCUT2D eigenvalue weighted by atomic mass is 79.9. The Hall–Kier alpha value is -1.46. The fraction of sp³-hybridized carbons (Fsp3) is 0.0714. The molecule has 0 bridgehead atoms. The van der Waals surface area contributed by atoms with Gasteiger partial charge < -0.3 is 10.2 Å². The molecule has 0 fully saturated rings. The van der Waals surface area contributed by atoms with Crippen molar-refractivity contribution in [1.29, 1.82) is 0 Å². The van der Waals surface area contributed by atoms with Gasteiger partial charge in [-0.3, -0.25) is 0 Å². The van der Waals surface area contributed by atoms with E-state index in [-0.39, 0.29) is 0 Å². The number of halogens is 1. The van der Waals surface area contributed by atoms with E-state index in [1.54, 1.807) is 11.8 Å². The van der Waals surface area contributed by atoms with Crippen LogP contribution >= 0.6 is 27.7 Å². The van der Waals surface area contributed by atoms with Crippen LogP contribution in [0.3, 0.4) is 0 Å². The summed E-state index contributed by atoms with van der Waals surface area (Å²) in [4.78, 5) is 5.60. The van der Waals surface area contributed by atoms with Crippen molar-refractivity contribution < 1.29 is 4.42 Å². The van der Waals surface area contributed by atoms with Crippen molar-refractivity contribution >= 4 is 44.5 Å². The second-order valence-electron chi connectivity index (χ2n) is 4.05. The average molecular weight is 335 g/mol. The first kappa shape index (κ1) is 12.6. The van der Waals surface area contributed by atoms with E-state index in [0.717, 1.165) is 15.6 Å². The summed E-state index contributed by atoms with van der Waals surface area (Å²) in [6.45, 7) is 0. The molecule has 3 rings (SSSR count). The van der Waals surface area contributed by atoms with Crippen LogP contribution < -0.4 is 5.73 Å². The van der Waals surface area contributed by atoms with Gasteiger partial charge in [-0.2, -0.15) is 0 Å². The molecule has 0 aliphatic heterocycles. The molecule has 3 nitrogen and oxygen atoms in total. The zero-order chi connectivity index (χ0) is 13.2. The Balaban J connectivity index is 1.80. The van der Waals surface area contributed by atoms with Crippen molar-refractivity contribution in [2.24, 2.45) is 0 Å². The lowest BCUT2D eigenvalue weighted by Gasteiger charge is -1.98. The fourth-order valence-corrected chi connectivity index (χ4v) is 3.13. The van der Waals surface area contributed by atoms with Gasteiger partial charge in [0.2, 0.25) is 5.89 Å². The van der Waals surface area contributed by atoms with Crippen LogP contribution in [-0.4, -0.2) is 4.98 Å². The van der Waals surface area contributed by atoms with Gasteiger partial charge >= 0.3 is 0 Å². The minimum Gasteiger partial charge on any atom is -0.440 e. The van der Waals surface area contributed by atoms with Crippen molar-refractivity contribution in [3.05, 3.63) is 52.8 Å². The maximum absolute atomic E-state index is 5.86. The zero-order valence-corrected chi connectivity index (χ0v) is 12.4. The van der Waals surface area contributed by atoms with E-state index in [0.29, 0.717) is 17.3 Å². The van der Waals surface area contributed by atoms with E-state index in [9.17, 15) is 0 Å². The molecule has 0 aliphatic rings. The molecule has 0 spiro atoms. The highest BCUT2D eigenvalue weighted by molar-refractivity contribution is 9.10. The molecule has 0 amide bonds. The Kier molecular flexibility index (Phi) is 3.48. The van der Waals surface area contributed by atoms with E-state index in [4.69, 9.17) is 10.2 Å². The first-order valence-corrected chi connectivity index (χ1v) is 7.52. The molecule has 3 aromatic rings. The summed E-state index contributed by atoms with van der Waals surface area (Å²) in [5.74, 6) is 1.38. The number of thioether (sulfide) groups is 1. The Morgan fingerprint density at radius 1 is 1.21 bits per heavy atom. The molecule has 0 saturated carbocycles. The van der Waals surface area contributed by atoms with E-state index in [1.165, 1.54) is 4.90 Å². The largest absolute Gasteiger partial charge is 0.440 e.